The number of amides is 1. The van der Waals surface area contributed by atoms with Crippen LogP contribution in [0.2, 0.25) is 0 Å². The zero-order valence-electron chi connectivity index (χ0n) is 12.5. The monoisotopic (exact) mass is 299 g/mol. The van der Waals surface area contributed by atoms with E-state index in [1.54, 1.807) is 12.4 Å². The van der Waals surface area contributed by atoms with Gasteiger partial charge in [0.25, 0.3) is 0 Å². The Labute approximate surface area is 130 Å². The first kappa shape index (κ1) is 16.1. The summed E-state index contributed by atoms with van der Waals surface area (Å²) < 4.78 is 0. The van der Waals surface area contributed by atoms with E-state index in [9.17, 15) is 4.79 Å². The molecule has 2 rings (SSSR count). The van der Waals surface area contributed by atoms with Gasteiger partial charge in [-0.2, -0.15) is 0 Å². The number of aromatic nitrogens is 1. The van der Waals surface area contributed by atoms with Gasteiger partial charge in [0.05, 0.1) is 13.2 Å². The molecule has 0 aliphatic carbocycles. The van der Waals surface area contributed by atoms with Gasteiger partial charge in [-0.1, -0.05) is 36.4 Å². The first-order valence-corrected chi connectivity index (χ1v) is 7.30. The van der Waals surface area contributed by atoms with Crippen LogP contribution in [0.25, 0.3) is 0 Å². The van der Waals surface area contributed by atoms with Crippen LogP contribution in [0.4, 0.5) is 0 Å². The fourth-order valence-corrected chi connectivity index (χ4v) is 2.16. The van der Waals surface area contributed by atoms with Crippen LogP contribution in [-0.2, 0) is 17.9 Å². The molecular weight excluding hydrogens is 278 g/mol. The smallest absolute Gasteiger partial charge is 0.234 e. The lowest BCUT2D eigenvalue weighted by molar-refractivity contribution is -0.122. The summed E-state index contributed by atoms with van der Waals surface area (Å²) in [7, 11) is 0. The molecule has 5 nitrogen and oxygen atoms in total. The van der Waals surface area contributed by atoms with Crippen molar-refractivity contribution in [2.75, 3.05) is 19.7 Å². The molecule has 5 heteroatoms. The second-order valence-electron chi connectivity index (χ2n) is 5.06. The van der Waals surface area contributed by atoms with Crippen LogP contribution in [0.5, 0.6) is 0 Å². The number of carbonyl (C=O) groups is 1. The van der Waals surface area contributed by atoms with E-state index in [1.165, 1.54) is 0 Å². The second-order valence-corrected chi connectivity index (χ2v) is 5.06. The van der Waals surface area contributed by atoms with Crippen LogP contribution < -0.4 is 5.32 Å². The molecule has 0 aliphatic heterocycles. The van der Waals surface area contributed by atoms with Crippen molar-refractivity contribution < 1.29 is 9.90 Å². The van der Waals surface area contributed by atoms with Crippen molar-refractivity contribution in [1.82, 2.24) is 15.2 Å². The topological polar surface area (TPSA) is 65.5 Å². The third kappa shape index (κ3) is 5.63. The van der Waals surface area contributed by atoms with Crippen LogP contribution in [0.1, 0.15) is 11.1 Å². The van der Waals surface area contributed by atoms with Gasteiger partial charge in [-0.05, 0) is 17.2 Å². The van der Waals surface area contributed by atoms with E-state index >= 15 is 0 Å². The van der Waals surface area contributed by atoms with Gasteiger partial charge in [-0.15, -0.1) is 0 Å². The predicted molar refractivity (Wildman–Crippen MR) is 84.9 cm³/mol. The number of hydrogen-bond acceptors (Lipinski definition) is 4. The van der Waals surface area contributed by atoms with Crippen molar-refractivity contribution in [2.24, 2.45) is 0 Å². The Bertz CT molecular complexity index is 561. The van der Waals surface area contributed by atoms with Crippen molar-refractivity contribution in [3.05, 3.63) is 66.0 Å². The summed E-state index contributed by atoms with van der Waals surface area (Å²) >= 11 is 0. The van der Waals surface area contributed by atoms with Gasteiger partial charge in [0, 0.05) is 32.0 Å². The number of nitrogens with zero attached hydrogens (tertiary/aromatic N) is 2. The van der Waals surface area contributed by atoms with Crippen LogP contribution >= 0.6 is 0 Å². The highest BCUT2D eigenvalue weighted by Gasteiger charge is 2.11. The summed E-state index contributed by atoms with van der Waals surface area (Å²) in [6, 6.07) is 13.6. The molecule has 0 saturated heterocycles. The first-order valence-electron chi connectivity index (χ1n) is 7.30. The van der Waals surface area contributed by atoms with Crippen LogP contribution in [0.15, 0.2) is 54.9 Å². The van der Waals surface area contributed by atoms with E-state index in [0.29, 0.717) is 19.6 Å². The second kappa shape index (κ2) is 8.92. The van der Waals surface area contributed by atoms with Crippen molar-refractivity contribution in [3.63, 3.8) is 0 Å². The maximum atomic E-state index is 12.0. The summed E-state index contributed by atoms with van der Waals surface area (Å²) in [5.74, 6) is -0.0545. The lowest BCUT2D eigenvalue weighted by atomic mass is 10.2. The molecule has 0 bridgehead atoms. The SMILES string of the molecule is O=C(CN(CCO)Cc1cccnc1)NCc1ccccc1. The largest absolute Gasteiger partial charge is 0.395 e. The van der Waals surface area contributed by atoms with Crippen molar-refractivity contribution in [2.45, 2.75) is 13.1 Å². The molecule has 0 unspecified atom stereocenters. The molecule has 1 aromatic heterocycles. The van der Waals surface area contributed by atoms with Gasteiger partial charge < -0.3 is 10.4 Å². The van der Waals surface area contributed by atoms with E-state index in [2.05, 4.69) is 10.3 Å². The molecule has 1 amide bonds. The van der Waals surface area contributed by atoms with Crippen LogP contribution in [0, 0.1) is 0 Å². The molecule has 22 heavy (non-hydrogen) atoms. The fraction of sp³-hybridized carbons (Fsp3) is 0.294. The lowest BCUT2D eigenvalue weighted by Gasteiger charge is -2.20. The first-order chi connectivity index (χ1) is 10.8. The van der Waals surface area contributed by atoms with Gasteiger partial charge in [-0.25, -0.2) is 0 Å². The summed E-state index contributed by atoms with van der Waals surface area (Å²) in [4.78, 5) is 18.0. The third-order valence-corrected chi connectivity index (χ3v) is 3.24. The van der Waals surface area contributed by atoms with E-state index in [4.69, 9.17) is 5.11 Å². The summed E-state index contributed by atoms with van der Waals surface area (Å²) in [5.41, 5.74) is 2.09. The maximum Gasteiger partial charge on any atom is 0.234 e. The number of rotatable bonds is 8. The van der Waals surface area contributed by atoms with Crippen molar-refractivity contribution in [1.29, 1.82) is 0 Å². The Morgan fingerprint density at radius 3 is 2.59 bits per heavy atom. The maximum absolute atomic E-state index is 12.0. The quantitative estimate of drug-likeness (QED) is 0.768. The molecule has 0 spiro atoms. The Balaban J connectivity index is 1.83. The number of carbonyl (C=O) groups excluding carboxylic acids is 1. The Hall–Kier alpha value is -2.24. The van der Waals surface area contributed by atoms with E-state index in [-0.39, 0.29) is 19.1 Å². The van der Waals surface area contributed by atoms with Crippen LogP contribution in [0.3, 0.4) is 0 Å². The third-order valence-electron chi connectivity index (χ3n) is 3.24. The number of aliphatic hydroxyl groups is 1. The molecule has 0 radical (unpaired) electrons. The van der Waals surface area contributed by atoms with Gasteiger partial charge in [0.15, 0.2) is 0 Å². The average molecular weight is 299 g/mol. The van der Waals surface area contributed by atoms with Gasteiger partial charge >= 0.3 is 0 Å². The zero-order chi connectivity index (χ0) is 15.6. The summed E-state index contributed by atoms with van der Waals surface area (Å²) in [5, 5.41) is 12.0. The minimum absolute atomic E-state index is 0.0201. The highest BCUT2D eigenvalue weighted by molar-refractivity contribution is 5.78. The number of benzene rings is 1. The minimum atomic E-state index is -0.0545. The number of pyridine rings is 1. The Kier molecular flexibility index (Phi) is 6.54. The normalized spacial score (nSPS) is 10.6. The van der Waals surface area contributed by atoms with Crippen LogP contribution in [-0.4, -0.2) is 40.6 Å². The highest BCUT2D eigenvalue weighted by atomic mass is 16.3. The molecule has 1 heterocycles. The standard InChI is InChI=1S/C17H21N3O2/c21-10-9-20(13-16-7-4-8-18-11-16)14-17(22)19-12-15-5-2-1-3-6-15/h1-8,11,21H,9-10,12-14H2,(H,19,22). The van der Waals surface area contributed by atoms with Gasteiger partial charge in [-0.3, -0.25) is 14.7 Å². The number of nitrogens with one attached hydrogen (secondary N) is 1. The number of hydrogen-bond donors (Lipinski definition) is 2. The number of aliphatic hydroxyl groups excluding tert-OH is 1. The van der Waals surface area contributed by atoms with Gasteiger partial charge in [0.2, 0.25) is 5.91 Å². The van der Waals surface area contributed by atoms with Crippen molar-refractivity contribution in [3.8, 4) is 0 Å². The van der Waals surface area contributed by atoms with Gasteiger partial charge in [0.1, 0.15) is 0 Å². The fourth-order valence-electron chi connectivity index (χ4n) is 2.16. The minimum Gasteiger partial charge on any atom is -0.395 e. The molecule has 1 aromatic carbocycles. The Morgan fingerprint density at radius 2 is 1.91 bits per heavy atom. The molecule has 2 aromatic rings. The average Bonchev–Trinajstić information content (AvgIpc) is 2.55. The zero-order valence-corrected chi connectivity index (χ0v) is 12.5. The molecule has 0 saturated carbocycles. The van der Waals surface area contributed by atoms with E-state index < -0.39 is 0 Å². The molecule has 0 atom stereocenters. The molecule has 116 valence electrons. The van der Waals surface area contributed by atoms with Crippen molar-refractivity contribution >= 4 is 5.91 Å². The molecule has 0 fully saturated rings. The summed E-state index contributed by atoms with van der Waals surface area (Å²) in [6.45, 7) is 1.83. The van der Waals surface area contributed by atoms with E-state index in [0.717, 1.165) is 11.1 Å². The molecule has 0 aliphatic rings. The highest BCUT2D eigenvalue weighted by Crippen LogP contribution is 2.02. The van der Waals surface area contributed by atoms with E-state index in [1.807, 2.05) is 47.4 Å². The predicted octanol–water partition coefficient (Wildman–Crippen LogP) is 1.19. The molecular formula is C17H21N3O2. The lowest BCUT2D eigenvalue weighted by Crippen LogP contribution is -2.38. The Morgan fingerprint density at radius 1 is 1.14 bits per heavy atom. The molecule has 2 N–H and O–H groups in total. The summed E-state index contributed by atoms with van der Waals surface area (Å²) in [6.07, 6.45) is 3.48.